The van der Waals surface area contributed by atoms with Crippen molar-refractivity contribution in [2.45, 2.75) is 18.9 Å². The number of piperidine rings is 1. The fourth-order valence-electron chi connectivity index (χ4n) is 1.88. The molecule has 0 spiro atoms. The van der Waals surface area contributed by atoms with Gasteiger partial charge in [0.25, 0.3) is 0 Å². The van der Waals surface area contributed by atoms with Crippen LogP contribution in [0.3, 0.4) is 0 Å². The molecule has 1 aliphatic rings. The van der Waals surface area contributed by atoms with Gasteiger partial charge < -0.3 is 4.90 Å². The van der Waals surface area contributed by atoms with Crippen molar-refractivity contribution in [3.63, 3.8) is 0 Å². The lowest BCUT2D eigenvalue weighted by Gasteiger charge is -2.28. The van der Waals surface area contributed by atoms with E-state index in [1.807, 2.05) is 10.9 Å². The van der Waals surface area contributed by atoms with E-state index in [1.165, 1.54) is 0 Å². The van der Waals surface area contributed by atoms with E-state index in [0.717, 1.165) is 32.2 Å². The van der Waals surface area contributed by atoms with E-state index in [-0.39, 0.29) is 0 Å². The zero-order chi connectivity index (χ0) is 9.97. The monoisotopic (exact) mass is 193 g/mol. The SMILES string of the molecule is CN1CCC(n2ccc(C=O)n2)CC1. The van der Waals surface area contributed by atoms with Crippen LogP contribution >= 0.6 is 0 Å². The van der Waals surface area contributed by atoms with Gasteiger partial charge in [-0.05, 0) is 39.0 Å². The summed E-state index contributed by atoms with van der Waals surface area (Å²) in [6.45, 7) is 2.22. The quantitative estimate of drug-likeness (QED) is 0.657. The van der Waals surface area contributed by atoms with Crippen LogP contribution < -0.4 is 0 Å². The number of hydrogen-bond acceptors (Lipinski definition) is 3. The molecule has 76 valence electrons. The number of nitrogens with zero attached hydrogens (tertiary/aromatic N) is 3. The molecule has 2 heterocycles. The van der Waals surface area contributed by atoms with Crippen molar-refractivity contribution in [3.8, 4) is 0 Å². The lowest BCUT2D eigenvalue weighted by atomic mass is 10.1. The Balaban J connectivity index is 2.04. The molecular formula is C10H15N3O. The zero-order valence-electron chi connectivity index (χ0n) is 8.39. The number of carbonyl (C=O) groups is 1. The van der Waals surface area contributed by atoms with Gasteiger partial charge >= 0.3 is 0 Å². The van der Waals surface area contributed by atoms with Crippen LogP contribution in [-0.4, -0.2) is 41.1 Å². The zero-order valence-corrected chi connectivity index (χ0v) is 8.39. The molecule has 0 aromatic carbocycles. The van der Waals surface area contributed by atoms with E-state index in [0.29, 0.717) is 11.7 Å². The predicted octanol–water partition coefficient (Wildman–Crippen LogP) is 0.962. The van der Waals surface area contributed by atoms with Crippen LogP contribution in [0.1, 0.15) is 29.4 Å². The summed E-state index contributed by atoms with van der Waals surface area (Å²) < 4.78 is 1.93. The lowest BCUT2D eigenvalue weighted by Crippen LogP contribution is -2.31. The Morgan fingerprint density at radius 3 is 2.79 bits per heavy atom. The third-order valence-corrected chi connectivity index (χ3v) is 2.81. The second-order valence-corrected chi connectivity index (χ2v) is 3.87. The van der Waals surface area contributed by atoms with Crippen molar-refractivity contribution < 1.29 is 4.79 Å². The molecule has 0 bridgehead atoms. The van der Waals surface area contributed by atoms with E-state index in [1.54, 1.807) is 6.07 Å². The average molecular weight is 193 g/mol. The molecule has 4 heteroatoms. The number of hydrogen-bond donors (Lipinski definition) is 0. The summed E-state index contributed by atoms with van der Waals surface area (Å²) in [5.74, 6) is 0. The molecule has 0 N–H and O–H groups in total. The van der Waals surface area contributed by atoms with Crippen LogP contribution in [0.5, 0.6) is 0 Å². The molecule has 0 radical (unpaired) electrons. The molecule has 1 aliphatic heterocycles. The van der Waals surface area contributed by atoms with Crippen LogP contribution in [0, 0.1) is 0 Å². The molecule has 0 saturated carbocycles. The third kappa shape index (κ3) is 1.85. The molecular weight excluding hydrogens is 178 g/mol. The summed E-state index contributed by atoms with van der Waals surface area (Å²) in [7, 11) is 2.14. The van der Waals surface area contributed by atoms with Crippen LogP contribution in [0.2, 0.25) is 0 Å². The maximum atomic E-state index is 10.5. The Morgan fingerprint density at radius 1 is 1.50 bits per heavy atom. The average Bonchev–Trinajstić information content (AvgIpc) is 2.67. The molecule has 0 unspecified atom stereocenters. The highest BCUT2D eigenvalue weighted by molar-refractivity contribution is 5.71. The normalized spacial score (nSPS) is 19.8. The highest BCUT2D eigenvalue weighted by atomic mass is 16.1. The molecule has 0 atom stereocenters. The third-order valence-electron chi connectivity index (χ3n) is 2.81. The van der Waals surface area contributed by atoms with E-state index in [4.69, 9.17) is 0 Å². The van der Waals surface area contributed by atoms with E-state index < -0.39 is 0 Å². The van der Waals surface area contributed by atoms with E-state index in [9.17, 15) is 4.79 Å². The second kappa shape index (κ2) is 3.92. The maximum absolute atomic E-state index is 10.5. The van der Waals surface area contributed by atoms with Gasteiger partial charge in [-0.3, -0.25) is 9.48 Å². The fourth-order valence-corrected chi connectivity index (χ4v) is 1.88. The first kappa shape index (κ1) is 9.40. The number of carbonyl (C=O) groups excluding carboxylic acids is 1. The molecule has 4 nitrogen and oxygen atoms in total. The van der Waals surface area contributed by atoms with Gasteiger partial charge in [-0.15, -0.1) is 0 Å². The Labute approximate surface area is 83.5 Å². The summed E-state index contributed by atoms with van der Waals surface area (Å²) in [6, 6.07) is 2.24. The van der Waals surface area contributed by atoms with Gasteiger partial charge in [0.1, 0.15) is 5.69 Å². The van der Waals surface area contributed by atoms with Crippen molar-refractivity contribution in [1.82, 2.24) is 14.7 Å². The molecule has 1 aromatic rings. The van der Waals surface area contributed by atoms with Crippen molar-refractivity contribution in [1.29, 1.82) is 0 Å². The number of aldehydes is 1. The molecule has 14 heavy (non-hydrogen) atoms. The van der Waals surface area contributed by atoms with Crippen molar-refractivity contribution in [2.75, 3.05) is 20.1 Å². The van der Waals surface area contributed by atoms with Crippen molar-refractivity contribution in [2.24, 2.45) is 0 Å². The second-order valence-electron chi connectivity index (χ2n) is 3.87. The first-order valence-corrected chi connectivity index (χ1v) is 4.98. The Morgan fingerprint density at radius 2 is 2.21 bits per heavy atom. The van der Waals surface area contributed by atoms with Gasteiger partial charge in [-0.25, -0.2) is 0 Å². The standard InChI is InChI=1S/C10H15N3O/c1-12-5-3-10(4-6-12)13-7-2-9(8-14)11-13/h2,7-8,10H,3-6H2,1H3. The smallest absolute Gasteiger partial charge is 0.170 e. The fraction of sp³-hybridized carbons (Fsp3) is 0.600. The van der Waals surface area contributed by atoms with Crippen LogP contribution in [0.4, 0.5) is 0 Å². The van der Waals surface area contributed by atoms with Gasteiger partial charge in [0.15, 0.2) is 6.29 Å². The van der Waals surface area contributed by atoms with Crippen molar-refractivity contribution >= 4 is 6.29 Å². The molecule has 2 rings (SSSR count). The van der Waals surface area contributed by atoms with Crippen LogP contribution in [-0.2, 0) is 0 Å². The Hall–Kier alpha value is -1.16. The van der Waals surface area contributed by atoms with Crippen LogP contribution in [0.25, 0.3) is 0 Å². The van der Waals surface area contributed by atoms with Gasteiger partial charge in [-0.2, -0.15) is 5.10 Å². The van der Waals surface area contributed by atoms with Gasteiger partial charge in [0.2, 0.25) is 0 Å². The Kier molecular flexibility index (Phi) is 2.63. The van der Waals surface area contributed by atoms with Crippen molar-refractivity contribution in [3.05, 3.63) is 18.0 Å². The predicted molar refractivity (Wildman–Crippen MR) is 53.4 cm³/mol. The summed E-state index contributed by atoms with van der Waals surface area (Å²) in [6.07, 6.45) is 4.94. The van der Waals surface area contributed by atoms with Crippen LogP contribution in [0.15, 0.2) is 12.3 Å². The molecule has 0 aliphatic carbocycles. The number of aromatic nitrogens is 2. The molecule has 1 fully saturated rings. The highest BCUT2D eigenvalue weighted by Gasteiger charge is 2.18. The first-order valence-electron chi connectivity index (χ1n) is 4.98. The number of rotatable bonds is 2. The lowest BCUT2D eigenvalue weighted by molar-refractivity contribution is 0.111. The summed E-state index contributed by atoms with van der Waals surface area (Å²) >= 11 is 0. The maximum Gasteiger partial charge on any atom is 0.170 e. The highest BCUT2D eigenvalue weighted by Crippen LogP contribution is 2.20. The van der Waals surface area contributed by atoms with Gasteiger partial charge in [0, 0.05) is 6.20 Å². The first-order chi connectivity index (χ1) is 6.79. The van der Waals surface area contributed by atoms with E-state index in [2.05, 4.69) is 17.0 Å². The molecule has 0 amide bonds. The largest absolute Gasteiger partial charge is 0.306 e. The molecule has 1 saturated heterocycles. The van der Waals surface area contributed by atoms with Gasteiger partial charge in [0.05, 0.1) is 6.04 Å². The minimum absolute atomic E-state index is 0.472. The summed E-state index contributed by atoms with van der Waals surface area (Å²) in [4.78, 5) is 12.8. The van der Waals surface area contributed by atoms with E-state index >= 15 is 0 Å². The molecule has 1 aromatic heterocycles. The summed E-state index contributed by atoms with van der Waals surface area (Å²) in [5.41, 5.74) is 0.531. The summed E-state index contributed by atoms with van der Waals surface area (Å²) in [5, 5.41) is 4.21. The minimum Gasteiger partial charge on any atom is -0.306 e. The minimum atomic E-state index is 0.472. The van der Waals surface area contributed by atoms with Gasteiger partial charge in [-0.1, -0.05) is 0 Å². The Bertz CT molecular complexity index is 313. The topological polar surface area (TPSA) is 38.1 Å². The number of likely N-dealkylation sites (tertiary alicyclic amines) is 1.